The fourth-order valence-electron chi connectivity index (χ4n) is 1.07. The van der Waals surface area contributed by atoms with Gasteiger partial charge in [0.15, 0.2) is 0 Å². The second kappa shape index (κ2) is 7.44. The van der Waals surface area contributed by atoms with Crippen LogP contribution >= 0.6 is 0 Å². The lowest BCUT2D eigenvalue weighted by Gasteiger charge is -2.14. The van der Waals surface area contributed by atoms with Gasteiger partial charge >= 0.3 is 18.2 Å². The van der Waals surface area contributed by atoms with Gasteiger partial charge in [-0.15, -0.1) is 0 Å². The molecule has 0 aromatic carbocycles. The molecule has 0 aliphatic carbocycles. The molecule has 19 heavy (non-hydrogen) atoms. The van der Waals surface area contributed by atoms with Crippen LogP contribution in [0.5, 0.6) is 0 Å². The van der Waals surface area contributed by atoms with Crippen LogP contribution in [0.2, 0.25) is 0 Å². The van der Waals surface area contributed by atoms with Crippen LogP contribution in [-0.4, -0.2) is 41.8 Å². The van der Waals surface area contributed by atoms with Crippen LogP contribution in [0.15, 0.2) is 0 Å². The Morgan fingerprint density at radius 3 is 2.26 bits per heavy atom. The van der Waals surface area contributed by atoms with Gasteiger partial charge in [-0.2, -0.15) is 13.2 Å². The smallest absolute Gasteiger partial charge is 0.390 e. The van der Waals surface area contributed by atoms with Crippen molar-refractivity contribution in [3.63, 3.8) is 0 Å². The van der Waals surface area contributed by atoms with Crippen molar-refractivity contribution in [3.8, 4) is 0 Å². The van der Waals surface area contributed by atoms with Crippen LogP contribution in [0.3, 0.4) is 0 Å². The first-order chi connectivity index (χ1) is 8.61. The third-order valence-electron chi connectivity index (χ3n) is 1.98. The van der Waals surface area contributed by atoms with E-state index in [2.05, 4.69) is 0 Å². The molecule has 0 aliphatic heterocycles. The van der Waals surface area contributed by atoms with Gasteiger partial charge in [0, 0.05) is 13.0 Å². The first-order valence-electron chi connectivity index (χ1n) is 5.24. The Bertz CT molecular complexity index is 346. The van der Waals surface area contributed by atoms with E-state index in [9.17, 15) is 27.6 Å². The van der Waals surface area contributed by atoms with Gasteiger partial charge in [0.2, 0.25) is 5.91 Å². The van der Waals surface area contributed by atoms with Crippen molar-refractivity contribution >= 4 is 17.9 Å². The zero-order valence-corrected chi connectivity index (χ0v) is 9.79. The number of carbonyl (C=O) groups is 3. The summed E-state index contributed by atoms with van der Waals surface area (Å²) in [5.41, 5.74) is 4.81. The minimum absolute atomic E-state index is 0.239. The van der Waals surface area contributed by atoms with E-state index >= 15 is 0 Å². The highest BCUT2D eigenvalue weighted by Crippen LogP contribution is 2.17. The minimum atomic E-state index is -4.41. The number of halogens is 3. The number of amides is 3. The number of carboxylic acid groups (broad SMARTS) is 1. The van der Waals surface area contributed by atoms with Gasteiger partial charge in [0.25, 0.3) is 0 Å². The van der Waals surface area contributed by atoms with Gasteiger partial charge < -0.3 is 21.5 Å². The van der Waals surface area contributed by atoms with Gasteiger partial charge in [-0.05, 0) is 6.42 Å². The zero-order valence-electron chi connectivity index (χ0n) is 9.79. The lowest BCUT2D eigenvalue weighted by atomic mass is 10.1. The van der Waals surface area contributed by atoms with E-state index in [4.69, 9.17) is 10.8 Å². The Morgan fingerprint density at radius 2 is 1.84 bits per heavy atom. The number of hydrogen-bond donors (Lipinski definition) is 4. The molecular weight excluding hydrogens is 271 g/mol. The number of urea groups is 1. The fourth-order valence-corrected chi connectivity index (χ4v) is 1.07. The molecule has 5 N–H and O–H groups in total. The van der Waals surface area contributed by atoms with E-state index in [1.165, 1.54) is 0 Å². The molecule has 0 heterocycles. The molecule has 0 saturated carbocycles. The summed E-state index contributed by atoms with van der Waals surface area (Å²) in [6.45, 7) is -0.669. The molecule has 0 aliphatic rings. The maximum Gasteiger partial charge on any atom is 0.390 e. The number of primary amides is 1. The quantitative estimate of drug-likeness (QED) is 0.524. The number of hydrogen-bond acceptors (Lipinski definition) is 3. The summed E-state index contributed by atoms with van der Waals surface area (Å²) in [6.07, 6.45) is -6.14. The van der Waals surface area contributed by atoms with Crippen LogP contribution in [-0.2, 0) is 9.59 Å². The predicted molar refractivity (Wildman–Crippen MR) is 57.1 cm³/mol. The van der Waals surface area contributed by atoms with Crippen molar-refractivity contribution in [2.75, 3.05) is 6.54 Å². The van der Waals surface area contributed by atoms with E-state index in [1.807, 2.05) is 10.6 Å². The second-order valence-electron chi connectivity index (χ2n) is 3.66. The summed E-state index contributed by atoms with van der Waals surface area (Å²) < 4.78 is 35.4. The standard InChI is InChI=1S/C9H14F3N3O4/c10-9(11,12)3-4-14-8(19)15-5(7(17)18)1-2-6(13)16/h5H,1-4H2,(H2,13,16)(H,17,18)(H2,14,15,19)/t5-/m1/s1. The number of nitrogens with two attached hydrogens (primary N) is 1. The number of carbonyl (C=O) groups excluding carboxylic acids is 2. The van der Waals surface area contributed by atoms with Crippen LogP contribution in [0.4, 0.5) is 18.0 Å². The van der Waals surface area contributed by atoms with Crippen molar-refractivity contribution in [1.82, 2.24) is 10.6 Å². The van der Waals surface area contributed by atoms with Crippen LogP contribution in [0.1, 0.15) is 19.3 Å². The lowest BCUT2D eigenvalue weighted by molar-refractivity contribution is -0.139. The Balaban J connectivity index is 4.10. The van der Waals surface area contributed by atoms with Gasteiger partial charge in [0.05, 0.1) is 6.42 Å². The topological polar surface area (TPSA) is 122 Å². The highest BCUT2D eigenvalue weighted by molar-refractivity contribution is 5.83. The molecule has 1 atom stereocenters. The first kappa shape index (κ1) is 17.0. The van der Waals surface area contributed by atoms with Crippen LogP contribution in [0, 0.1) is 0 Å². The number of nitrogens with one attached hydrogen (secondary N) is 2. The largest absolute Gasteiger partial charge is 0.480 e. The Labute approximate surface area is 106 Å². The third-order valence-corrected chi connectivity index (χ3v) is 1.98. The molecule has 0 saturated heterocycles. The van der Waals surface area contributed by atoms with Crippen molar-refractivity contribution in [3.05, 3.63) is 0 Å². The monoisotopic (exact) mass is 285 g/mol. The maximum atomic E-state index is 11.8. The molecule has 0 unspecified atom stereocenters. The van der Waals surface area contributed by atoms with E-state index in [-0.39, 0.29) is 12.8 Å². The Kier molecular flexibility index (Phi) is 6.66. The summed E-state index contributed by atoms with van der Waals surface area (Å²) in [7, 11) is 0. The predicted octanol–water partition coefficient (Wildman–Crippen LogP) is -0.0433. The molecule has 0 fully saturated rings. The van der Waals surface area contributed by atoms with Gasteiger partial charge in [-0.25, -0.2) is 9.59 Å². The molecule has 0 bridgehead atoms. The Morgan fingerprint density at radius 1 is 1.26 bits per heavy atom. The average Bonchev–Trinajstić information content (AvgIpc) is 2.21. The summed E-state index contributed by atoms with van der Waals surface area (Å²) in [4.78, 5) is 32.3. The summed E-state index contributed by atoms with van der Waals surface area (Å²) >= 11 is 0. The summed E-state index contributed by atoms with van der Waals surface area (Å²) in [5.74, 6) is -2.15. The number of aliphatic carboxylic acids is 1. The lowest BCUT2D eigenvalue weighted by Crippen LogP contribution is -2.46. The fraction of sp³-hybridized carbons (Fsp3) is 0.667. The first-order valence-corrected chi connectivity index (χ1v) is 5.24. The number of carboxylic acids is 1. The van der Waals surface area contributed by atoms with E-state index in [0.29, 0.717) is 0 Å². The molecular formula is C9H14F3N3O4. The average molecular weight is 285 g/mol. The molecule has 3 amide bonds. The van der Waals surface area contributed by atoms with Gasteiger partial charge in [-0.3, -0.25) is 4.79 Å². The van der Waals surface area contributed by atoms with Crippen molar-refractivity contribution in [2.24, 2.45) is 5.73 Å². The zero-order chi connectivity index (χ0) is 15.1. The second-order valence-corrected chi connectivity index (χ2v) is 3.66. The van der Waals surface area contributed by atoms with Crippen LogP contribution in [0.25, 0.3) is 0 Å². The van der Waals surface area contributed by atoms with Crippen molar-refractivity contribution < 1.29 is 32.7 Å². The number of alkyl halides is 3. The molecule has 0 spiro atoms. The molecule has 0 radical (unpaired) electrons. The summed E-state index contributed by atoms with van der Waals surface area (Å²) in [6, 6.07) is -2.44. The highest BCUT2D eigenvalue weighted by Gasteiger charge is 2.27. The molecule has 0 aromatic heterocycles. The van der Waals surface area contributed by atoms with Gasteiger partial charge in [0.1, 0.15) is 6.04 Å². The van der Waals surface area contributed by atoms with Crippen molar-refractivity contribution in [2.45, 2.75) is 31.5 Å². The van der Waals surface area contributed by atoms with Crippen molar-refractivity contribution in [1.29, 1.82) is 0 Å². The maximum absolute atomic E-state index is 11.8. The Hall–Kier alpha value is -2.00. The number of rotatable bonds is 7. The normalized spacial score (nSPS) is 12.6. The van der Waals surface area contributed by atoms with E-state index in [1.54, 1.807) is 0 Å². The molecule has 0 aromatic rings. The highest BCUT2D eigenvalue weighted by atomic mass is 19.4. The minimum Gasteiger partial charge on any atom is -0.480 e. The molecule has 7 nitrogen and oxygen atoms in total. The molecule has 0 rings (SSSR count). The van der Waals surface area contributed by atoms with E-state index < -0.39 is 43.1 Å². The third kappa shape index (κ3) is 9.68. The van der Waals surface area contributed by atoms with Gasteiger partial charge in [-0.1, -0.05) is 0 Å². The van der Waals surface area contributed by atoms with Crippen LogP contribution < -0.4 is 16.4 Å². The molecule has 110 valence electrons. The summed E-state index contributed by atoms with van der Waals surface area (Å²) in [5, 5.41) is 12.5. The molecule has 10 heteroatoms. The SMILES string of the molecule is NC(=O)CC[C@@H](NC(=O)NCCC(F)(F)F)C(=O)O. The van der Waals surface area contributed by atoms with E-state index in [0.717, 1.165) is 0 Å².